The lowest BCUT2D eigenvalue weighted by molar-refractivity contribution is -0.873. The van der Waals surface area contributed by atoms with Crippen LogP contribution in [0.3, 0.4) is 0 Å². The monoisotopic (exact) mass is 386 g/mol. The molecule has 0 saturated heterocycles. The summed E-state index contributed by atoms with van der Waals surface area (Å²) in [4.78, 5) is 35.6. The number of carbonyl (C=O) groups excluding carboxylic acids is 2. The van der Waals surface area contributed by atoms with Crippen molar-refractivity contribution < 1.29 is 29.1 Å². The summed E-state index contributed by atoms with van der Waals surface area (Å²) >= 11 is 0. The highest BCUT2D eigenvalue weighted by molar-refractivity contribution is 6.41. The van der Waals surface area contributed by atoms with Crippen LogP contribution < -0.4 is 0 Å². The van der Waals surface area contributed by atoms with Crippen molar-refractivity contribution in [3.05, 3.63) is 0 Å². The molecule has 0 aliphatic rings. The average Bonchev–Trinajstić information content (AvgIpc) is 2.54. The Morgan fingerprint density at radius 3 is 1.67 bits per heavy atom. The molecule has 0 aromatic carbocycles. The van der Waals surface area contributed by atoms with Crippen LogP contribution in [0.2, 0.25) is 0 Å². The standard InChI is InChI=1S/C21H39NO5/c1-5-6-7-8-9-10-11-12-13-14-15-17(23)20(25)19(21(26)27)18(24)16-22(2,3)4/h18-19,24H,5-16H2,1-4H3/p+1. The van der Waals surface area contributed by atoms with E-state index in [1.54, 1.807) is 21.1 Å². The molecule has 0 aromatic rings. The average molecular weight is 387 g/mol. The van der Waals surface area contributed by atoms with Gasteiger partial charge in [-0.3, -0.25) is 14.4 Å². The number of hydrogen-bond donors (Lipinski definition) is 2. The van der Waals surface area contributed by atoms with Gasteiger partial charge in [0.15, 0.2) is 11.7 Å². The Morgan fingerprint density at radius 1 is 0.815 bits per heavy atom. The van der Waals surface area contributed by atoms with Gasteiger partial charge in [-0.2, -0.15) is 0 Å². The van der Waals surface area contributed by atoms with Gasteiger partial charge in [-0.25, -0.2) is 0 Å². The van der Waals surface area contributed by atoms with Gasteiger partial charge in [0.05, 0.1) is 21.1 Å². The largest absolute Gasteiger partial charge is 0.481 e. The number of aliphatic hydroxyl groups excluding tert-OH is 1. The van der Waals surface area contributed by atoms with Gasteiger partial charge in [0, 0.05) is 6.42 Å². The molecule has 6 nitrogen and oxygen atoms in total. The Labute approximate surface area is 164 Å². The van der Waals surface area contributed by atoms with Gasteiger partial charge in [0.1, 0.15) is 12.6 Å². The van der Waals surface area contributed by atoms with Crippen LogP contribution >= 0.6 is 0 Å². The van der Waals surface area contributed by atoms with Gasteiger partial charge in [-0.15, -0.1) is 0 Å². The number of ketones is 2. The summed E-state index contributed by atoms with van der Waals surface area (Å²) in [5.41, 5.74) is 0. The number of carboxylic acid groups (broad SMARTS) is 1. The van der Waals surface area contributed by atoms with Gasteiger partial charge >= 0.3 is 5.97 Å². The molecule has 158 valence electrons. The third kappa shape index (κ3) is 12.7. The highest BCUT2D eigenvalue weighted by Crippen LogP contribution is 2.14. The number of nitrogens with zero attached hydrogens (tertiary/aromatic N) is 1. The fourth-order valence-corrected chi connectivity index (χ4v) is 3.19. The minimum atomic E-state index is -1.67. The molecule has 0 radical (unpaired) electrons. The normalized spacial score (nSPS) is 14.0. The number of Topliss-reactive ketones (excluding diaryl/α,β-unsaturated/α-hetero) is 2. The number of quaternary nitrogens is 1. The first-order chi connectivity index (χ1) is 12.6. The van der Waals surface area contributed by atoms with Gasteiger partial charge in [-0.1, -0.05) is 64.7 Å². The summed E-state index contributed by atoms with van der Waals surface area (Å²) < 4.78 is 0.310. The first-order valence-electron chi connectivity index (χ1n) is 10.4. The van der Waals surface area contributed by atoms with Crippen molar-refractivity contribution in [1.29, 1.82) is 0 Å². The molecular formula is C21H40NO5+. The minimum absolute atomic E-state index is 0.0657. The van der Waals surface area contributed by atoms with Gasteiger partial charge in [-0.05, 0) is 6.42 Å². The van der Waals surface area contributed by atoms with Crippen LogP contribution in [-0.4, -0.2) is 66.0 Å². The second-order valence-electron chi connectivity index (χ2n) is 8.58. The molecule has 0 aromatic heterocycles. The van der Waals surface area contributed by atoms with Crippen molar-refractivity contribution >= 4 is 17.5 Å². The summed E-state index contributed by atoms with van der Waals surface area (Å²) in [6.07, 6.45) is 9.92. The molecule has 2 atom stereocenters. The topological polar surface area (TPSA) is 91.7 Å². The van der Waals surface area contributed by atoms with Crippen molar-refractivity contribution in [2.24, 2.45) is 5.92 Å². The van der Waals surface area contributed by atoms with E-state index in [0.717, 1.165) is 19.3 Å². The second kappa shape index (κ2) is 13.8. The lowest BCUT2D eigenvalue weighted by atomic mass is 9.92. The number of rotatable bonds is 17. The van der Waals surface area contributed by atoms with Crippen LogP contribution in [0.4, 0.5) is 0 Å². The van der Waals surface area contributed by atoms with Crippen LogP contribution in [0.15, 0.2) is 0 Å². The van der Waals surface area contributed by atoms with Crippen LogP contribution in [0.25, 0.3) is 0 Å². The van der Waals surface area contributed by atoms with E-state index < -0.39 is 29.6 Å². The molecule has 6 heteroatoms. The van der Waals surface area contributed by atoms with Crippen molar-refractivity contribution in [2.45, 2.75) is 83.7 Å². The van der Waals surface area contributed by atoms with Crippen LogP contribution in [-0.2, 0) is 14.4 Å². The number of carbonyl (C=O) groups is 3. The molecule has 0 saturated carbocycles. The van der Waals surface area contributed by atoms with E-state index in [0.29, 0.717) is 10.9 Å². The number of unbranched alkanes of at least 4 members (excludes halogenated alkanes) is 9. The zero-order valence-corrected chi connectivity index (χ0v) is 17.7. The van der Waals surface area contributed by atoms with E-state index in [4.69, 9.17) is 0 Å². The van der Waals surface area contributed by atoms with Crippen molar-refractivity contribution in [3.8, 4) is 0 Å². The van der Waals surface area contributed by atoms with Crippen molar-refractivity contribution in [2.75, 3.05) is 27.7 Å². The van der Waals surface area contributed by atoms with E-state index in [-0.39, 0.29) is 13.0 Å². The third-order valence-electron chi connectivity index (χ3n) is 4.70. The summed E-state index contributed by atoms with van der Waals surface area (Å²) in [6.45, 7) is 2.30. The lowest BCUT2D eigenvalue weighted by Gasteiger charge is -2.28. The minimum Gasteiger partial charge on any atom is -0.481 e. The molecule has 0 aliphatic heterocycles. The molecule has 0 fully saturated rings. The smallest absolute Gasteiger partial charge is 0.317 e. The highest BCUT2D eigenvalue weighted by Gasteiger charge is 2.39. The molecule has 0 amide bonds. The molecule has 0 bridgehead atoms. The second-order valence-corrected chi connectivity index (χ2v) is 8.58. The zero-order chi connectivity index (χ0) is 20.9. The van der Waals surface area contributed by atoms with Crippen LogP contribution in [0.1, 0.15) is 77.6 Å². The van der Waals surface area contributed by atoms with E-state index in [2.05, 4.69) is 6.92 Å². The molecule has 2 N–H and O–H groups in total. The molecule has 2 unspecified atom stereocenters. The number of aliphatic hydroxyl groups is 1. The zero-order valence-electron chi connectivity index (χ0n) is 17.7. The molecule has 0 heterocycles. The summed E-state index contributed by atoms with van der Waals surface area (Å²) in [5, 5.41) is 19.4. The fraction of sp³-hybridized carbons (Fsp3) is 0.857. The number of carboxylic acids is 1. The van der Waals surface area contributed by atoms with E-state index in [1.807, 2.05) is 0 Å². The summed E-state index contributed by atoms with van der Waals surface area (Å²) in [6, 6.07) is 0. The molecule has 0 spiro atoms. The third-order valence-corrected chi connectivity index (χ3v) is 4.70. The lowest BCUT2D eigenvalue weighted by Crippen LogP contribution is -2.49. The first kappa shape index (κ1) is 25.7. The van der Waals surface area contributed by atoms with Gasteiger partial charge < -0.3 is 14.7 Å². The summed E-state index contributed by atoms with van der Waals surface area (Å²) in [7, 11) is 5.37. The van der Waals surface area contributed by atoms with E-state index in [1.165, 1.54) is 38.5 Å². The Bertz CT molecular complexity index is 456. The Morgan fingerprint density at radius 2 is 1.26 bits per heavy atom. The highest BCUT2D eigenvalue weighted by atomic mass is 16.4. The molecule has 27 heavy (non-hydrogen) atoms. The van der Waals surface area contributed by atoms with Crippen LogP contribution in [0, 0.1) is 5.92 Å². The molecular weight excluding hydrogens is 346 g/mol. The number of hydrogen-bond acceptors (Lipinski definition) is 4. The van der Waals surface area contributed by atoms with E-state index in [9.17, 15) is 24.6 Å². The Kier molecular flexibility index (Phi) is 13.2. The predicted molar refractivity (Wildman–Crippen MR) is 107 cm³/mol. The van der Waals surface area contributed by atoms with Crippen LogP contribution in [0.5, 0.6) is 0 Å². The maximum atomic E-state index is 12.2. The number of likely N-dealkylation sites (N-methyl/N-ethyl adjacent to an activating group) is 1. The van der Waals surface area contributed by atoms with Crippen molar-refractivity contribution in [3.63, 3.8) is 0 Å². The van der Waals surface area contributed by atoms with E-state index >= 15 is 0 Å². The SMILES string of the molecule is CCCCCCCCCCCCC(=O)C(=O)C(C(=O)O)C(O)C[N+](C)(C)C. The first-order valence-corrected chi connectivity index (χ1v) is 10.4. The Balaban J connectivity index is 4.13. The Hall–Kier alpha value is -1.27. The van der Waals surface area contributed by atoms with Gasteiger partial charge in [0.25, 0.3) is 0 Å². The van der Waals surface area contributed by atoms with Gasteiger partial charge in [0.2, 0.25) is 5.78 Å². The van der Waals surface area contributed by atoms with Crippen molar-refractivity contribution in [1.82, 2.24) is 0 Å². The maximum absolute atomic E-state index is 12.2. The molecule has 0 aliphatic carbocycles. The predicted octanol–water partition coefficient (Wildman–Crippen LogP) is 3.20. The fourth-order valence-electron chi connectivity index (χ4n) is 3.19. The summed E-state index contributed by atoms with van der Waals surface area (Å²) in [5.74, 6) is -4.75. The molecule has 0 rings (SSSR count). The number of aliphatic carboxylic acids is 1. The maximum Gasteiger partial charge on any atom is 0.317 e. The quantitative estimate of drug-likeness (QED) is 0.173.